The Balaban J connectivity index is 2.09. The van der Waals surface area contributed by atoms with E-state index in [1.165, 1.54) is 0 Å². The molecule has 1 aliphatic heterocycles. The molecular formula is C13H19N3O2. The molecule has 1 amide bonds. The van der Waals surface area contributed by atoms with Gasteiger partial charge in [-0.05, 0) is 32.3 Å². The van der Waals surface area contributed by atoms with Crippen LogP contribution in [0.25, 0.3) is 0 Å². The van der Waals surface area contributed by atoms with Gasteiger partial charge in [-0.15, -0.1) is 0 Å². The Morgan fingerprint density at radius 1 is 1.50 bits per heavy atom. The molecule has 0 aromatic rings. The fourth-order valence-electron chi connectivity index (χ4n) is 2.26. The van der Waals surface area contributed by atoms with Gasteiger partial charge < -0.3 is 5.11 Å². The second-order valence-corrected chi connectivity index (χ2v) is 5.13. The van der Waals surface area contributed by atoms with Gasteiger partial charge in [0.15, 0.2) is 0 Å². The first-order valence-electron chi connectivity index (χ1n) is 6.26. The summed E-state index contributed by atoms with van der Waals surface area (Å²) in [6.07, 6.45) is 4.63. The number of rotatable bonds is 3. The largest absolute Gasteiger partial charge is 0.394 e. The first-order chi connectivity index (χ1) is 8.55. The van der Waals surface area contributed by atoms with E-state index < -0.39 is 5.41 Å². The molecule has 0 bridgehead atoms. The van der Waals surface area contributed by atoms with Gasteiger partial charge in [-0.2, -0.15) is 5.10 Å². The number of aliphatic hydroxyl groups excluding tert-OH is 1. The Kier molecular flexibility index (Phi) is 3.61. The van der Waals surface area contributed by atoms with E-state index in [0.29, 0.717) is 6.54 Å². The van der Waals surface area contributed by atoms with Crippen LogP contribution in [0, 0.1) is 5.41 Å². The summed E-state index contributed by atoms with van der Waals surface area (Å²) in [4.78, 5) is 16.0. The molecular weight excluding hydrogens is 230 g/mol. The summed E-state index contributed by atoms with van der Waals surface area (Å²) >= 11 is 0. The number of aliphatic hydroxyl groups is 1. The lowest BCUT2D eigenvalue weighted by Gasteiger charge is -2.22. The summed E-state index contributed by atoms with van der Waals surface area (Å²) < 4.78 is 0. The number of nitrogens with one attached hydrogen (secondary N) is 1. The molecule has 5 heteroatoms. The number of amides is 1. The van der Waals surface area contributed by atoms with Crippen LogP contribution in [0.1, 0.15) is 33.1 Å². The highest BCUT2D eigenvalue weighted by atomic mass is 16.3. The summed E-state index contributed by atoms with van der Waals surface area (Å²) in [5.41, 5.74) is 5.12. The molecule has 0 spiro atoms. The number of nitrogens with zero attached hydrogens (tertiary/aromatic N) is 2. The molecule has 2 N–H and O–H groups in total. The molecule has 0 fully saturated rings. The predicted molar refractivity (Wildman–Crippen MR) is 70.7 cm³/mol. The highest BCUT2D eigenvalue weighted by molar-refractivity contribution is 6.19. The van der Waals surface area contributed by atoms with E-state index in [4.69, 9.17) is 5.11 Å². The normalized spacial score (nSPS) is 24.8. The fourth-order valence-corrected chi connectivity index (χ4v) is 2.26. The van der Waals surface area contributed by atoms with Gasteiger partial charge in [-0.3, -0.25) is 9.79 Å². The third kappa shape index (κ3) is 2.36. The number of hydrogen-bond donors (Lipinski definition) is 2. The zero-order valence-corrected chi connectivity index (χ0v) is 10.9. The maximum Gasteiger partial charge on any atom is 0.251 e. The third-order valence-corrected chi connectivity index (χ3v) is 3.44. The topological polar surface area (TPSA) is 74.0 Å². The lowest BCUT2D eigenvalue weighted by atomic mass is 9.80. The molecule has 98 valence electrons. The van der Waals surface area contributed by atoms with Crippen molar-refractivity contribution in [3.8, 4) is 0 Å². The minimum Gasteiger partial charge on any atom is -0.394 e. The van der Waals surface area contributed by atoms with Crippen LogP contribution in [0.5, 0.6) is 0 Å². The number of allylic oxidation sites excluding steroid dienone is 2. The average molecular weight is 249 g/mol. The molecule has 0 saturated heterocycles. The lowest BCUT2D eigenvalue weighted by molar-refractivity contribution is -0.125. The fraction of sp³-hybridized carbons (Fsp3) is 0.615. The van der Waals surface area contributed by atoms with E-state index in [1.807, 2.05) is 13.8 Å². The first kappa shape index (κ1) is 13.0. The van der Waals surface area contributed by atoms with Gasteiger partial charge in [-0.25, -0.2) is 5.43 Å². The summed E-state index contributed by atoms with van der Waals surface area (Å²) in [6.45, 7) is 4.36. The average Bonchev–Trinajstić information content (AvgIpc) is 2.63. The molecule has 0 unspecified atom stereocenters. The molecule has 18 heavy (non-hydrogen) atoms. The van der Waals surface area contributed by atoms with Gasteiger partial charge in [0.2, 0.25) is 0 Å². The van der Waals surface area contributed by atoms with E-state index in [0.717, 1.165) is 36.3 Å². The standard InChI is InChI=1S/C13H19N3O2/c1-13(2)11(15-16-12(13)18)9-3-5-10(6-4-9)14-7-8-17/h3,17H,4-8H2,1-2H3,(H,16,18). The van der Waals surface area contributed by atoms with Crippen molar-refractivity contribution in [2.75, 3.05) is 13.2 Å². The summed E-state index contributed by atoms with van der Waals surface area (Å²) in [6, 6.07) is 0. The van der Waals surface area contributed by atoms with Gasteiger partial charge >= 0.3 is 0 Å². The molecule has 0 aromatic carbocycles. The molecule has 1 aliphatic carbocycles. The third-order valence-electron chi connectivity index (χ3n) is 3.44. The maximum absolute atomic E-state index is 11.7. The molecule has 0 saturated carbocycles. The van der Waals surface area contributed by atoms with Crippen LogP contribution in [-0.4, -0.2) is 35.6 Å². The van der Waals surface area contributed by atoms with Crippen molar-refractivity contribution < 1.29 is 9.90 Å². The zero-order chi connectivity index (χ0) is 13.2. The van der Waals surface area contributed by atoms with Crippen LogP contribution in [0.2, 0.25) is 0 Å². The Hall–Kier alpha value is -1.49. The van der Waals surface area contributed by atoms with Crippen molar-refractivity contribution in [3.63, 3.8) is 0 Å². The van der Waals surface area contributed by atoms with Crippen LogP contribution in [0.3, 0.4) is 0 Å². The Labute approximate surface area is 107 Å². The second kappa shape index (κ2) is 5.02. The van der Waals surface area contributed by atoms with E-state index in [9.17, 15) is 4.79 Å². The quantitative estimate of drug-likeness (QED) is 0.784. The van der Waals surface area contributed by atoms with Gasteiger partial charge in [0.1, 0.15) is 0 Å². The lowest BCUT2D eigenvalue weighted by Crippen LogP contribution is -2.33. The van der Waals surface area contributed by atoms with Crippen LogP contribution in [-0.2, 0) is 4.79 Å². The van der Waals surface area contributed by atoms with Gasteiger partial charge in [0, 0.05) is 12.1 Å². The smallest absolute Gasteiger partial charge is 0.251 e. The van der Waals surface area contributed by atoms with Gasteiger partial charge in [0.05, 0.1) is 24.3 Å². The minimum absolute atomic E-state index is 0.0434. The summed E-state index contributed by atoms with van der Waals surface area (Å²) in [5, 5.41) is 12.9. The minimum atomic E-state index is -0.536. The number of hydrogen-bond acceptors (Lipinski definition) is 4. The van der Waals surface area contributed by atoms with Crippen molar-refractivity contribution in [3.05, 3.63) is 11.6 Å². The van der Waals surface area contributed by atoms with E-state index in [2.05, 4.69) is 21.6 Å². The van der Waals surface area contributed by atoms with Crippen LogP contribution in [0.4, 0.5) is 0 Å². The van der Waals surface area contributed by atoms with Crippen LogP contribution in [0.15, 0.2) is 21.7 Å². The van der Waals surface area contributed by atoms with Crippen LogP contribution < -0.4 is 5.43 Å². The predicted octanol–water partition coefficient (Wildman–Crippen LogP) is 1.04. The monoisotopic (exact) mass is 249 g/mol. The Morgan fingerprint density at radius 2 is 2.28 bits per heavy atom. The Morgan fingerprint density at radius 3 is 2.78 bits per heavy atom. The van der Waals surface area contributed by atoms with Crippen molar-refractivity contribution in [2.45, 2.75) is 33.1 Å². The van der Waals surface area contributed by atoms with Crippen molar-refractivity contribution in [1.29, 1.82) is 0 Å². The van der Waals surface area contributed by atoms with Gasteiger partial charge in [0.25, 0.3) is 5.91 Å². The van der Waals surface area contributed by atoms with E-state index in [-0.39, 0.29) is 12.5 Å². The molecule has 5 nitrogen and oxygen atoms in total. The molecule has 1 heterocycles. The first-order valence-corrected chi connectivity index (χ1v) is 6.26. The maximum atomic E-state index is 11.7. The van der Waals surface area contributed by atoms with Crippen molar-refractivity contribution in [1.82, 2.24) is 5.43 Å². The molecule has 0 radical (unpaired) electrons. The molecule has 0 aromatic heterocycles. The van der Waals surface area contributed by atoms with Gasteiger partial charge in [-0.1, -0.05) is 6.08 Å². The number of carbonyl (C=O) groups is 1. The Bertz CT molecular complexity index is 447. The molecule has 2 rings (SSSR count). The van der Waals surface area contributed by atoms with E-state index >= 15 is 0 Å². The molecule has 2 aliphatic rings. The van der Waals surface area contributed by atoms with Crippen LogP contribution >= 0.6 is 0 Å². The zero-order valence-electron chi connectivity index (χ0n) is 10.9. The highest BCUT2D eigenvalue weighted by Crippen LogP contribution is 2.30. The van der Waals surface area contributed by atoms with Crippen molar-refractivity contribution in [2.24, 2.45) is 15.5 Å². The van der Waals surface area contributed by atoms with E-state index in [1.54, 1.807) is 0 Å². The second-order valence-electron chi connectivity index (χ2n) is 5.13. The van der Waals surface area contributed by atoms with Crippen molar-refractivity contribution >= 4 is 17.3 Å². The SMILES string of the molecule is CC1(C)C(=O)NN=C1C1=CCC(=NCCO)CC1. The molecule has 0 atom stereocenters. The summed E-state index contributed by atoms with van der Waals surface area (Å²) in [5.74, 6) is -0.0434. The number of hydrazone groups is 1. The number of carbonyl (C=O) groups excluding carboxylic acids is 1. The highest BCUT2D eigenvalue weighted by Gasteiger charge is 2.40. The number of aliphatic imine (C=N–C) groups is 1. The summed E-state index contributed by atoms with van der Waals surface area (Å²) in [7, 11) is 0.